The fraction of sp³-hybridized carbons (Fsp3) is 0.750. The van der Waals surface area contributed by atoms with Gasteiger partial charge in [0.2, 0.25) is 0 Å². The summed E-state index contributed by atoms with van der Waals surface area (Å²) in [4.78, 5) is 0. The Hall–Kier alpha value is -0.0200. The molecule has 7 heavy (non-hydrogen) atoms. The van der Waals surface area contributed by atoms with Gasteiger partial charge in [-0.25, -0.2) is 4.21 Å². The Morgan fingerprint density at radius 2 is 2.29 bits per heavy atom. The Labute approximate surface area is 44.4 Å². The van der Waals surface area contributed by atoms with E-state index >= 15 is 0 Å². The third-order valence-corrected chi connectivity index (χ3v) is 1.43. The summed E-state index contributed by atoms with van der Waals surface area (Å²) in [6.45, 7) is 1.83. The lowest BCUT2D eigenvalue weighted by molar-refractivity contribution is 0.566. The van der Waals surface area contributed by atoms with Crippen molar-refractivity contribution in [2.75, 3.05) is 6.26 Å². The van der Waals surface area contributed by atoms with Crippen LogP contribution in [-0.2, 0) is 9.80 Å². The predicted octanol–water partition coefficient (Wildman–Crippen LogP) is 0.586. The summed E-state index contributed by atoms with van der Waals surface area (Å²) >= 11 is 0. The van der Waals surface area contributed by atoms with Crippen molar-refractivity contribution in [2.24, 2.45) is 0 Å². The third-order valence-electron chi connectivity index (χ3n) is 0.476. The summed E-state index contributed by atoms with van der Waals surface area (Å²) in [5.41, 5.74) is 0. The van der Waals surface area contributed by atoms with E-state index in [9.17, 15) is 4.21 Å². The van der Waals surface area contributed by atoms with Crippen LogP contribution in [-0.4, -0.2) is 20.4 Å². The average molecular weight is 122 g/mol. The number of hydrogen-bond donors (Lipinski definition) is 1. The molecule has 3 heteroatoms. The lowest BCUT2D eigenvalue weighted by Gasteiger charge is -1.87. The van der Waals surface area contributed by atoms with Gasteiger partial charge in [0.15, 0.2) is 0 Å². The maximum absolute atomic E-state index is 10.3. The van der Waals surface area contributed by atoms with E-state index in [4.69, 9.17) is 4.55 Å². The topological polar surface area (TPSA) is 37.3 Å². The normalized spacial score (nSPS) is 18.1. The zero-order chi connectivity index (χ0) is 5.91. The van der Waals surface area contributed by atoms with Gasteiger partial charge in [-0.2, -0.15) is 0 Å². The van der Waals surface area contributed by atoms with Crippen LogP contribution in [0.5, 0.6) is 0 Å². The van der Waals surface area contributed by atoms with Crippen LogP contribution in [0.1, 0.15) is 13.3 Å². The predicted molar refractivity (Wildman–Crippen MR) is 33.1 cm³/mol. The molecule has 1 unspecified atom stereocenters. The second-order valence-electron chi connectivity index (χ2n) is 1.44. The monoisotopic (exact) mass is 122 g/mol. The smallest absolute Gasteiger partial charge is 0.0746 e. The SMILES string of the molecule is CCC=S(C)(=O)O. The highest BCUT2D eigenvalue weighted by atomic mass is 32.2. The molecular formula is C4H10O2S. The molecule has 1 N–H and O–H groups in total. The van der Waals surface area contributed by atoms with Crippen molar-refractivity contribution in [1.82, 2.24) is 0 Å². The molecule has 0 aliphatic heterocycles. The van der Waals surface area contributed by atoms with E-state index < -0.39 is 9.80 Å². The summed E-state index contributed by atoms with van der Waals surface area (Å²) in [7, 11) is -2.55. The van der Waals surface area contributed by atoms with Gasteiger partial charge in [0.1, 0.15) is 0 Å². The molecule has 0 radical (unpaired) electrons. The zero-order valence-corrected chi connectivity index (χ0v) is 5.36. The Morgan fingerprint density at radius 1 is 1.86 bits per heavy atom. The molecule has 0 bridgehead atoms. The van der Waals surface area contributed by atoms with E-state index in [1.54, 1.807) is 0 Å². The van der Waals surface area contributed by atoms with Gasteiger partial charge in [-0.15, -0.1) is 0 Å². The van der Waals surface area contributed by atoms with E-state index in [-0.39, 0.29) is 0 Å². The molecule has 0 aromatic carbocycles. The number of hydrogen-bond acceptors (Lipinski definition) is 1. The van der Waals surface area contributed by atoms with E-state index in [1.165, 1.54) is 11.6 Å². The van der Waals surface area contributed by atoms with Crippen molar-refractivity contribution in [3.63, 3.8) is 0 Å². The molecule has 0 rings (SSSR count). The van der Waals surface area contributed by atoms with Crippen LogP contribution in [0.25, 0.3) is 0 Å². The standard InChI is InChI=1S/C4H10O2S/c1-3-4-7(2,5)6/h4H,3H2,1-2H3,(H,5,6). The summed E-state index contributed by atoms with van der Waals surface area (Å²) in [5.74, 6) is 0. The van der Waals surface area contributed by atoms with Crippen LogP contribution in [0.3, 0.4) is 0 Å². The summed E-state index contributed by atoms with van der Waals surface area (Å²) < 4.78 is 18.8. The highest BCUT2D eigenvalue weighted by Gasteiger charge is 1.82. The highest BCUT2D eigenvalue weighted by molar-refractivity contribution is 7.95. The van der Waals surface area contributed by atoms with E-state index in [2.05, 4.69) is 0 Å². The first kappa shape index (κ1) is 6.98. The van der Waals surface area contributed by atoms with Gasteiger partial charge in [0.25, 0.3) is 0 Å². The quantitative estimate of drug-likeness (QED) is 0.517. The summed E-state index contributed by atoms with van der Waals surface area (Å²) in [6, 6.07) is 0. The Kier molecular flexibility index (Phi) is 2.32. The molecule has 0 aliphatic carbocycles. The molecule has 0 aromatic rings. The van der Waals surface area contributed by atoms with Crippen LogP contribution in [0, 0.1) is 0 Å². The average Bonchev–Trinajstić information content (AvgIpc) is 1.30. The molecule has 1 atom stereocenters. The molecule has 0 aliphatic rings. The fourth-order valence-corrected chi connectivity index (χ4v) is 0.928. The van der Waals surface area contributed by atoms with Gasteiger partial charge in [-0.3, -0.25) is 0 Å². The summed E-state index contributed by atoms with van der Waals surface area (Å²) in [5, 5.41) is 1.40. The van der Waals surface area contributed by atoms with Crippen LogP contribution < -0.4 is 0 Å². The van der Waals surface area contributed by atoms with Crippen LogP contribution in [0.2, 0.25) is 0 Å². The largest absolute Gasteiger partial charge is 0.314 e. The fourth-order valence-electron chi connectivity index (χ4n) is 0.309. The van der Waals surface area contributed by atoms with E-state index in [0.29, 0.717) is 6.42 Å². The van der Waals surface area contributed by atoms with E-state index in [1.807, 2.05) is 6.92 Å². The molecule has 0 heterocycles. The molecule has 2 nitrogen and oxygen atoms in total. The van der Waals surface area contributed by atoms with Crippen molar-refractivity contribution in [3.05, 3.63) is 0 Å². The molecule has 0 amide bonds. The second kappa shape index (κ2) is 2.33. The Morgan fingerprint density at radius 3 is 2.29 bits per heavy atom. The molecule has 0 spiro atoms. The molecule has 0 aromatic heterocycles. The summed E-state index contributed by atoms with van der Waals surface area (Å²) in [6.07, 6.45) is 1.96. The highest BCUT2D eigenvalue weighted by Crippen LogP contribution is 1.75. The van der Waals surface area contributed by atoms with Gasteiger partial charge < -0.3 is 4.55 Å². The molecule has 0 saturated carbocycles. The first-order valence-electron chi connectivity index (χ1n) is 2.11. The lowest BCUT2D eigenvalue weighted by atomic mass is 10.6. The Balaban J connectivity index is 4.02. The molecule has 0 saturated heterocycles. The zero-order valence-electron chi connectivity index (χ0n) is 4.55. The van der Waals surface area contributed by atoms with Gasteiger partial charge in [0.05, 0.1) is 9.80 Å². The van der Waals surface area contributed by atoms with Crippen molar-refractivity contribution < 1.29 is 8.76 Å². The van der Waals surface area contributed by atoms with Gasteiger partial charge in [-0.1, -0.05) is 6.92 Å². The van der Waals surface area contributed by atoms with Gasteiger partial charge >= 0.3 is 0 Å². The van der Waals surface area contributed by atoms with Crippen molar-refractivity contribution in [2.45, 2.75) is 13.3 Å². The third kappa shape index (κ3) is 5.98. The first-order chi connectivity index (χ1) is 3.06. The molecule has 0 fully saturated rings. The van der Waals surface area contributed by atoms with Crippen LogP contribution >= 0.6 is 0 Å². The second-order valence-corrected chi connectivity index (χ2v) is 3.49. The number of rotatable bonds is 1. The Bertz CT molecular complexity index is 134. The maximum Gasteiger partial charge on any atom is 0.0746 e. The minimum Gasteiger partial charge on any atom is -0.314 e. The maximum atomic E-state index is 10.3. The van der Waals surface area contributed by atoms with Crippen LogP contribution in [0.15, 0.2) is 0 Å². The van der Waals surface area contributed by atoms with Crippen molar-refractivity contribution >= 4 is 15.2 Å². The van der Waals surface area contributed by atoms with E-state index in [0.717, 1.165) is 0 Å². The van der Waals surface area contributed by atoms with Crippen LogP contribution in [0.4, 0.5) is 0 Å². The van der Waals surface area contributed by atoms with Gasteiger partial charge in [0, 0.05) is 6.26 Å². The van der Waals surface area contributed by atoms with Gasteiger partial charge in [-0.05, 0) is 11.8 Å². The first-order valence-corrected chi connectivity index (χ1v) is 4.09. The molecule has 44 valence electrons. The minimum absolute atomic E-state index is 0.659. The minimum atomic E-state index is -2.55. The van der Waals surface area contributed by atoms with Crippen molar-refractivity contribution in [3.8, 4) is 0 Å². The van der Waals surface area contributed by atoms with Crippen molar-refractivity contribution in [1.29, 1.82) is 0 Å². The molecular weight excluding hydrogens is 112 g/mol. The lowest BCUT2D eigenvalue weighted by Crippen LogP contribution is -1.95.